The molecular formula is C18H30N2O. The van der Waals surface area contributed by atoms with Gasteiger partial charge in [0, 0.05) is 18.5 Å². The Morgan fingerprint density at radius 2 is 2.00 bits per heavy atom. The van der Waals surface area contributed by atoms with Crippen LogP contribution in [0.3, 0.4) is 0 Å². The number of fused-ring (bicyclic) bond motifs is 1. The number of hydrogen-bond acceptors (Lipinski definition) is 3. The monoisotopic (exact) mass is 290 g/mol. The van der Waals surface area contributed by atoms with Crippen molar-refractivity contribution >= 4 is 0 Å². The molecule has 0 aromatic heterocycles. The molecule has 1 aromatic rings. The molecular weight excluding hydrogens is 260 g/mol. The summed E-state index contributed by atoms with van der Waals surface area (Å²) >= 11 is 0. The molecule has 1 aromatic carbocycles. The first-order chi connectivity index (χ1) is 10.1. The number of hydrogen-bond donors (Lipinski definition) is 1. The standard InChI is InChI=1S/C18H30N2O/c1-5-20(6-2)12-8-11-19-14-16-10-7-9-15-13-18(3,4)21-17(15)16/h7,9-10,19H,5-6,8,11-14H2,1-4H3. The van der Waals surface area contributed by atoms with Gasteiger partial charge in [-0.15, -0.1) is 0 Å². The van der Waals surface area contributed by atoms with Crippen LogP contribution in [0.5, 0.6) is 5.75 Å². The average molecular weight is 290 g/mol. The zero-order valence-corrected chi connectivity index (χ0v) is 14.0. The van der Waals surface area contributed by atoms with Gasteiger partial charge in [0.15, 0.2) is 0 Å². The molecule has 118 valence electrons. The third-order valence-electron chi connectivity index (χ3n) is 4.21. The predicted molar refractivity (Wildman–Crippen MR) is 89.0 cm³/mol. The van der Waals surface area contributed by atoms with Crippen LogP contribution in [-0.2, 0) is 13.0 Å². The van der Waals surface area contributed by atoms with Gasteiger partial charge < -0.3 is 15.0 Å². The van der Waals surface area contributed by atoms with E-state index in [0.717, 1.165) is 38.3 Å². The van der Waals surface area contributed by atoms with Crippen molar-refractivity contribution < 1.29 is 4.74 Å². The lowest BCUT2D eigenvalue weighted by atomic mass is 10.0. The van der Waals surface area contributed by atoms with Crippen LogP contribution < -0.4 is 10.1 Å². The first-order valence-corrected chi connectivity index (χ1v) is 8.28. The van der Waals surface area contributed by atoms with E-state index < -0.39 is 0 Å². The van der Waals surface area contributed by atoms with Crippen LogP contribution in [0.25, 0.3) is 0 Å². The van der Waals surface area contributed by atoms with Gasteiger partial charge in [0.1, 0.15) is 11.4 Å². The van der Waals surface area contributed by atoms with E-state index in [4.69, 9.17) is 4.74 Å². The first kappa shape index (κ1) is 16.3. The van der Waals surface area contributed by atoms with Gasteiger partial charge in [-0.1, -0.05) is 32.0 Å². The van der Waals surface area contributed by atoms with Gasteiger partial charge >= 0.3 is 0 Å². The summed E-state index contributed by atoms with van der Waals surface area (Å²) in [5, 5.41) is 3.56. The van der Waals surface area contributed by atoms with E-state index in [0.29, 0.717) is 0 Å². The second-order valence-corrected chi connectivity index (χ2v) is 6.50. The summed E-state index contributed by atoms with van der Waals surface area (Å²) in [6.07, 6.45) is 2.21. The molecule has 1 aliphatic heterocycles. The minimum Gasteiger partial charge on any atom is -0.487 e. The molecule has 1 aliphatic rings. The smallest absolute Gasteiger partial charge is 0.127 e. The Hall–Kier alpha value is -1.06. The molecule has 0 amide bonds. The van der Waals surface area contributed by atoms with Crippen LogP contribution in [0.4, 0.5) is 0 Å². The molecule has 0 radical (unpaired) electrons. The Morgan fingerprint density at radius 1 is 1.24 bits per heavy atom. The van der Waals surface area contributed by atoms with E-state index in [2.05, 4.69) is 56.1 Å². The molecule has 1 heterocycles. The lowest BCUT2D eigenvalue weighted by Gasteiger charge is -2.19. The van der Waals surface area contributed by atoms with Gasteiger partial charge in [-0.05, 0) is 52.0 Å². The lowest BCUT2D eigenvalue weighted by Crippen LogP contribution is -2.27. The van der Waals surface area contributed by atoms with Gasteiger partial charge in [-0.2, -0.15) is 0 Å². The fourth-order valence-electron chi connectivity index (χ4n) is 3.01. The Kier molecular flexibility index (Phi) is 5.65. The molecule has 21 heavy (non-hydrogen) atoms. The zero-order valence-electron chi connectivity index (χ0n) is 14.0. The van der Waals surface area contributed by atoms with Crippen LogP contribution in [0.15, 0.2) is 18.2 Å². The Morgan fingerprint density at radius 3 is 2.71 bits per heavy atom. The number of nitrogens with zero attached hydrogens (tertiary/aromatic N) is 1. The van der Waals surface area contributed by atoms with Crippen LogP contribution in [0, 0.1) is 0 Å². The number of rotatable bonds is 8. The molecule has 0 fully saturated rings. The SMILES string of the molecule is CCN(CC)CCCNCc1cccc2c1OC(C)(C)C2. The predicted octanol–water partition coefficient (Wildman–Crippen LogP) is 3.22. The van der Waals surface area contributed by atoms with Crippen LogP contribution in [-0.4, -0.2) is 36.7 Å². The lowest BCUT2D eigenvalue weighted by molar-refractivity contribution is 0.137. The van der Waals surface area contributed by atoms with E-state index in [1.807, 2.05) is 0 Å². The molecule has 2 rings (SSSR count). The molecule has 1 N–H and O–H groups in total. The van der Waals surface area contributed by atoms with Crippen LogP contribution in [0.2, 0.25) is 0 Å². The van der Waals surface area contributed by atoms with E-state index in [9.17, 15) is 0 Å². The van der Waals surface area contributed by atoms with Crippen molar-refractivity contribution in [1.29, 1.82) is 0 Å². The molecule has 0 atom stereocenters. The Labute approximate surface area is 129 Å². The van der Waals surface area contributed by atoms with Crippen molar-refractivity contribution in [3.05, 3.63) is 29.3 Å². The highest BCUT2D eigenvalue weighted by atomic mass is 16.5. The summed E-state index contributed by atoms with van der Waals surface area (Å²) < 4.78 is 6.11. The molecule has 0 saturated heterocycles. The van der Waals surface area contributed by atoms with Gasteiger partial charge in [-0.3, -0.25) is 0 Å². The number of para-hydroxylation sites is 1. The topological polar surface area (TPSA) is 24.5 Å². The molecule has 0 unspecified atom stereocenters. The third kappa shape index (κ3) is 4.45. The van der Waals surface area contributed by atoms with Gasteiger partial charge in [0.2, 0.25) is 0 Å². The van der Waals surface area contributed by atoms with Crippen molar-refractivity contribution in [2.24, 2.45) is 0 Å². The maximum Gasteiger partial charge on any atom is 0.127 e. The second kappa shape index (κ2) is 7.28. The molecule has 0 aliphatic carbocycles. The summed E-state index contributed by atoms with van der Waals surface area (Å²) in [6.45, 7) is 14.2. The fourth-order valence-corrected chi connectivity index (χ4v) is 3.01. The van der Waals surface area contributed by atoms with Gasteiger partial charge in [0.25, 0.3) is 0 Å². The highest BCUT2D eigenvalue weighted by Crippen LogP contribution is 2.37. The van der Waals surface area contributed by atoms with E-state index in [1.165, 1.54) is 24.1 Å². The quantitative estimate of drug-likeness (QED) is 0.744. The van der Waals surface area contributed by atoms with E-state index in [1.54, 1.807) is 0 Å². The fraction of sp³-hybridized carbons (Fsp3) is 0.667. The van der Waals surface area contributed by atoms with Crippen molar-refractivity contribution in [1.82, 2.24) is 10.2 Å². The normalized spacial score (nSPS) is 16.0. The third-order valence-corrected chi connectivity index (χ3v) is 4.21. The van der Waals surface area contributed by atoms with E-state index >= 15 is 0 Å². The highest BCUT2D eigenvalue weighted by Gasteiger charge is 2.31. The van der Waals surface area contributed by atoms with Crippen molar-refractivity contribution in [3.8, 4) is 5.75 Å². The van der Waals surface area contributed by atoms with Crippen molar-refractivity contribution in [2.45, 2.75) is 52.7 Å². The molecule has 0 bridgehead atoms. The zero-order chi connectivity index (χ0) is 15.3. The summed E-state index contributed by atoms with van der Waals surface area (Å²) in [6, 6.07) is 6.52. The number of ether oxygens (including phenoxy) is 1. The van der Waals surface area contributed by atoms with Crippen LogP contribution >= 0.6 is 0 Å². The number of benzene rings is 1. The average Bonchev–Trinajstić information content (AvgIpc) is 2.77. The maximum atomic E-state index is 6.11. The largest absolute Gasteiger partial charge is 0.487 e. The van der Waals surface area contributed by atoms with E-state index in [-0.39, 0.29) is 5.60 Å². The highest BCUT2D eigenvalue weighted by molar-refractivity contribution is 5.45. The summed E-state index contributed by atoms with van der Waals surface area (Å²) in [5.74, 6) is 1.11. The summed E-state index contributed by atoms with van der Waals surface area (Å²) in [4.78, 5) is 2.47. The molecule has 0 saturated carbocycles. The summed E-state index contributed by atoms with van der Waals surface area (Å²) in [7, 11) is 0. The maximum absolute atomic E-state index is 6.11. The Balaban J connectivity index is 1.79. The molecule has 0 spiro atoms. The Bertz CT molecular complexity index is 453. The van der Waals surface area contributed by atoms with Gasteiger partial charge in [0.05, 0.1) is 0 Å². The molecule has 3 heteroatoms. The minimum absolute atomic E-state index is 0.0544. The van der Waals surface area contributed by atoms with Crippen molar-refractivity contribution in [2.75, 3.05) is 26.2 Å². The van der Waals surface area contributed by atoms with Crippen LogP contribution in [0.1, 0.15) is 45.2 Å². The van der Waals surface area contributed by atoms with Crippen molar-refractivity contribution in [3.63, 3.8) is 0 Å². The molecule has 3 nitrogen and oxygen atoms in total. The minimum atomic E-state index is -0.0544. The first-order valence-electron chi connectivity index (χ1n) is 8.28. The summed E-state index contributed by atoms with van der Waals surface area (Å²) in [5.41, 5.74) is 2.59. The second-order valence-electron chi connectivity index (χ2n) is 6.50. The van der Waals surface area contributed by atoms with Gasteiger partial charge in [-0.25, -0.2) is 0 Å². The number of nitrogens with one attached hydrogen (secondary N) is 1.